The summed E-state index contributed by atoms with van der Waals surface area (Å²) < 4.78 is 0. The summed E-state index contributed by atoms with van der Waals surface area (Å²) in [5.41, 5.74) is 2.41. The largest absolute Gasteiger partial charge is 0.380 e. The number of ketones is 1. The van der Waals surface area contributed by atoms with E-state index in [2.05, 4.69) is 29.7 Å². The molecule has 1 fully saturated rings. The number of hydrogen-bond donors (Lipinski definition) is 1. The number of likely N-dealkylation sites (tertiary alicyclic amines) is 1. The van der Waals surface area contributed by atoms with Gasteiger partial charge in [-0.25, -0.2) is 0 Å². The maximum absolute atomic E-state index is 12.5. The van der Waals surface area contributed by atoms with Crippen molar-refractivity contribution in [1.82, 2.24) is 10.2 Å². The molecule has 2 unspecified atom stereocenters. The Bertz CT molecular complexity index is 717. The SMILES string of the molecule is N#CN1C2=CCCC=C2C23C=CC=CNC2C(=O)CC=C13. The lowest BCUT2D eigenvalue weighted by molar-refractivity contribution is -0.122. The molecule has 0 bridgehead atoms. The van der Waals surface area contributed by atoms with E-state index in [-0.39, 0.29) is 11.8 Å². The summed E-state index contributed by atoms with van der Waals surface area (Å²) in [6.45, 7) is 0. The van der Waals surface area contributed by atoms with Crippen molar-refractivity contribution in [2.24, 2.45) is 5.41 Å². The minimum atomic E-state index is -0.541. The van der Waals surface area contributed by atoms with Gasteiger partial charge in [0.15, 0.2) is 12.0 Å². The van der Waals surface area contributed by atoms with Gasteiger partial charge in [0.05, 0.1) is 11.1 Å². The number of Topliss-reactive ketones (excluding diaryl/α,β-unsaturated/α-hetero) is 1. The van der Waals surface area contributed by atoms with E-state index in [0.29, 0.717) is 6.42 Å². The van der Waals surface area contributed by atoms with Crippen molar-refractivity contribution < 1.29 is 4.79 Å². The smallest absolute Gasteiger partial charge is 0.189 e. The van der Waals surface area contributed by atoms with Gasteiger partial charge in [-0.2, -0.15) is 5.26 Å². The number of allylic oxidation sites excluding steroid dienone is 6. The second-order valence-electron chi connectivity index (χ2n) is 5.67. The average molecular weight is 277 g/mol. The standard InChI is InChI=1S/C17H15N3O/c18-11-20-13-6-2-1-5-12(13)17-9-3-4-10-19-16(17)14(21)7-8-15(17)20/h3-6,8-10,16,19H,1-2,7H2. The summed E-state index contributed by atoms with van der Waals surface area (Å²) in [4.78, 5) is 14.2. The molecule has 2 atom stereocenters. The minimum absolute atomic E-state index is 0.167. The molecule has 21 heavy (non-hydrogen) atoms. The van der Waals surface area contributed by atoms with Crippen molar-refractivity contribution in [3.8, 4) is 6.19 Å². The van der Waals surface area contributed by atoms with Crippen LogP contribution in [0.2, 0.25) is 0 Å². The summed E-state index contributed by atoms with van der Waals surface area (Å²) >= 11 is 0. The number of hydrogen-bond acceptors (Lipinski definition) is 4. The van der Waals surface area contributed by atoms with E-state index >= 15 is 0 Å². The summed E-state index contributed by atoms with van der Waals surface area (Å²) in [5.74, 6) is 0.167. The number of carbonyl (C=O) groups is 1. The molecule has 4 nitrogen and oxygen atoms in total. The van der Waals surface area contributed by atoms with Crippen LogP contribution in [0.5, 0.6) is 0 Å². The fourth-order valence-electron chi connectivity index (χ4n) is 3.86. The van der Waals surface area contributed by atoms with Crippen molar-refractivity contribution in [2.75, 3.05) is 0 Å². The Balaban J connectivity index is 2.02. The molecule has 4 aliphatic rings. The highest BCUT2D eigenvalue weighted by atomic mass is 16.1. The summed E-state index contributed by atoms with van der Waals surface area (Å²) in [6, 6.07) is -0.335. The molecule has 1 saturated heterocycles. The van der Waals surface area contributed by atoms with Crippen LogP contribution in [0.3, 0.4) is 0 Å². The zero-order valence-corrected chi connectivity index (χ0v) is 11.5. The second-order valence-corrected chi connectivity index (χ2v) is 5.67. The molecule has 0 aromatic heterocycles. The first kappa shape index (κ1) is 12.2. The van der Waals surface area contributed by atoms with E-state index < -0.39 is 5.41 Å². The van der Waals surface area contributed by atoms with E-state index in [1.807, 2.05) is 24.4 Å². The Morgan fingerprint density at radius 3 is 3.00 bits per heavy atom. The summed E-state index contributed by atoms with van der Waals surface area (Å²) in [7, 11) is 0. The third kappa shape index (κ3) is 1.41. The Morgan fingerprint density at radius 1 is 1.29 bits per heavy atom. The lowest BCUT2D eigenvalue weighted by atomic mass is 9.67. The van der Waals surface area contributed by atoms with Crippen molar-refractivity contribution in [3.63, 3.8) is 0 Å². The van der Waals surface area contributed by atoms with Gasteiger partial charge in [-0.15, -0.1) is 0 Å². The molecule has 4 rings (SSSR count). The zero-order chi connectivity index (χ0) is 14.4. The van der Waals surface area contributed by atoms with Crippen molar-refractivity contribution in [1.29, 1.82) is 5.26 Å². The van der Waals surface area contributed by atoms with Crippen LogP contribution in [-0.2, 0) is 4.79 Å². The molecular formula is C17H15N3O. The Labute approximate surface area is 123 Å². The third-order valence-electron chi connectivity index (χ3n) is 4.68. The number of carbonyl (C=O) groups excluding carboxylic acids is 1. The Hall–Kier alpha value is -2.54. The van der Waals surface area contributed by atoms with Crippen LogP contribution in [0.4, 0.5) is 0 Å². The fraction of sp³-hybridized carbons (Fsp3) is 0.294. The number of nitrogens with zero attached hydrogens (tertiary/aromatic N) is 2. The van der Waals surface area contributed by atoms with Gasteiger partial charge in [0, 0.05) is 12.1 Å². The zero-order valence-electron chi connectivity index (χ0n) is 11.5. The number of nitriles is 1. The topological polar surface area (TPSA) is 56.1 Å². The molecule has 4 heteroatoms. The van der Waals surface area contributed by atoms with Crippen LogP contribution in [0, 0.1) is 16.9 Å². The summed E-state index contributed by atoms with van der Waals surface area (Å²) in [5, 5.41) is 12.8. The third-order valence-corrected chi connectivity index (χ3v) is 4.68. The van der Waals surface area contributed by atoms with E-state index in [0.717, 1.165) is 29.8 Å². The van der Waals surface area contributed by atoms with Crippen LogP contribution >= 0.6 is 0 Å². The number of fused-ring (bicyclic) bond motifs is 1. The van der Waals surface area contributed by atoms with Crippen molar-refractivity contribution in [2.45, 2.75) is 25.3 Å². The Morgan fingerprint density at radius 2 is 2.14 bits per heavy atom. The van der Waals surface area contributed by atoms with Crippen molar-refractivity contribution >= 4 is 5.78 Å². The first-order chi connectivity index (χ1) is 10.3. The number of nitrogens with one attached hydrogen (secondary N) is 1. The summed E-state index contributed by atoms with van der Waals surface area (Å²) in [6.07, 6.45) is 18.5. The highest BCUT2D eigenvalue weighted by Gasteiger charge is 2.57. The van der Waals surface area contributed by atoms with E-state index in [4.69, 9.17) is 0 Å². The van der Waals surface area contributed by atoms with Crippen LogP contribution in [-0.4, -0.2) is 16.7 Å². The normalized spacial score (nSPS) is 32.7. The van der Waals surface area contributed by atoms with Crippen LogP contribution in [0.1, 0.15) is 19.3 Å². The maximum Gasteiger partial charge on any atom is 0.189 e. The highest BCUT2D eigenvalue weighted by molar-refractivity contribution is 5.91. The predicted octanol–water partition coefficient (Wildman–Crippen LogP) is 2.27. The molecule has 2 aliphatic carbocycles. The molecule has 0 saturated carbocycles. The number of rotatable bonds is 0. The Kier molecular flexibility index (Phi) is 2.46. The lowest BCUT2D eigenvalue weighted by Gasteiger charge is -2.38. The lowest BCUT2D eigenvalue weighted by Crippen LogP contribution is -2.50. The maximum atomic E-state index is 12.5. The van der Waals surface area contributed by atoms with E-state index in [9.17, 15) is 10.1 Å². The van der Waals surface area contributed by atoms with Gasteiger partial charge >= 0.3 is 0 Å². The first-order valence-electron chi connectivity index (χ1n) is 7.24. The van der Waals surface area contributed by atoms with E-state index in [1.54, 1.807) is 4.90 Å². The van der Waals surface area contributed by atoms with E-state index in [1.165, 1.54) is 0 Å². The minimum Gasteiger partial charge on any atom is -0.380 e. The van der Waals surface area contributed by atoms with Crippen LogP contribution < -0.4 is 5.32 Å². The van der Waals surface area contributed by atoms with Gasteiger partial charge in [-0.1, -0.05) is 30.4 Å². The van der Waals surface area contributed by atoms with Gasteiger partial charge < -0.3 is 5.32 Å². The van der Waals surface area contributed by atoms with Crippen LogP contribution in [0.25, 0.3) is 0 Å². The van der Waals surface area contributed by atoms with Crippen LogP contribution in [0.15, 0.2) is 59.6 Å². The molecule has 0 aromatic carbocycles. The molecule has 0 amide bonds. The quantitative estimate of drug-likeness (QED) is 0.690. The molecule has 1 spiro atoms. The van der Waals surface area contributed by atoms with Gasteiger partial charge in [0.25, 0.3) is 0 Å². The van der Waals surface area contributed by atoms with Gasteiger partial charge in [0.1, 0.15) is 6.04 Å². The van der Waals surface area contributed by atoms with Gasteiger partial charge in [-0.05, 0) is 30.7 Å². The molecular weight excluding hydrogens is 262 g/mol. The second kappa shape index (κ2) is 4.23. The fourth-order valence-corrected chi connectivity index (χ4v) is 3.86. The van der Waals surface area contributed by atoms with Gasteiger partial charge in [0.2, 0.25) is 0 Å². The molecule has 0 aromatic rings. The molecule has 104 valence electrons. The highest BCUT2D eigenvalue weighted by Crippen LogP contribution is 2.56. The van der Waals surface area contributed by atoms with Crippen molar-refractivity contribution in [3.05, 3.63) is 59.6 Å². The molecule has 2 aliphatic heterocycles. The molecule has 2 heterocycles. The monoisotopic (exact) mass is 277 g/mol. The first-order valence-corrected chi connectivity index (χ1v) is 7.24. The van der Waals surface area contributed by atoms with Gasteiger partial charge in [-0.3, -0.25) is 9.69 Å². The average Bonchev–Trinajstić information content (AvgIpc) is 2.64. The molecule has 0 radical (unpaired) electrons. The predicted molar refractivity (Wildman–Crippen MR) is 78.2 cm³/mol. The molecule has 1 N–H and O–H groups in total.